The van der Waals surface area contributed by atoms with Crippen LogP contribution < -0.4 is 0 Å². The van der Waals surface area contributed by atoms with Crippen molar-refractivity contribution in [3.8, 4) is 0 Å². The van der Waals surface area contributed by atoms with Gasteiger partial charge < -0.3 is 0 Å². The predicted octanol–water partition coefficient (Wildman–Crippen LogP) is 6.74. The van der Waals surface area contributed by atoms with Crippen LogP contribution in [0.2, 0.25) is 0 Å². The van der Waals surface area contributed by atoms with Crippen molar-refractivity contribution in [1.82, 2.24) is 15.2 Å². The van der Waals surface area contributed by atoms with Gasteiger partial charge in [-0.25, -0.2) is 9.02 Å². The molecule has 3 aromatic carbocycles. The van der Waals surface area contributed by atoms with Crippen molar-refractivity contribution in [1.29, 1.82) is 0 Å². The summed E-state index contributed by atoms with van der Waals surface area (Å²) in [6.07, 6.45) is 4.67. The van der Waals surface area contributed by atoms with Crippen molar-refractivity contribution in [2.45, 2.75) is 39.0 Å². The van der Waals surface area contributed by atoms with Crippen molar-refractivity contribution in [2.75, 3.05) is 6.54 Å². The third-order valence-corrected chi connectivity index (χ3v) is 7.61. The Balaban J connectivity index is 1.07. The summed E-state index contributed by atoms with van der Waals surface area (Å²) in [6, 6.07) is 17.4. The van der Waals surface area contributed by atoms with Gasteiger partial charge in [0, 0.05) is 18.5 Å². The number of hydrogen-bond donors (Lipinski definition) is 0. The Morgan fingerprint density at radius 3 is 2.46 bits per heavy atom. The number of rotatable bonds is 10. The lowest BCUT2D eigenvalue weighted by molar-refractivity contribution is -0.122. The molecular formula is C30H26FN3O4S. The molecular weight excluding hydrogens is 517 g/mol. The molecule has 0 N–H and O–H groups in total. The van der Waals surface area contributed by atoms with Gasteiger partial charge in [-0.15, -0.1) is 0 Å². The molecule has 1 aliphatic rings. The van der Waals surface area contributed by atoms with E-state index in [2.05, 4.69) is 10.3 Å². The highest BCUT2D eigenvalue weighted by atomic mass is 32.2. The minimum absolute atomic E-state index is 0.0633. The monoisotopic (exact) mass is 543 g/mol. The van der Waals surface area contributed by atoms with Crippen LogP contribution >= 0.6 is 11.8 Å². The highest BCUT2D eigenvalue weighted by Gasteiger charge is 2.34. The summed E-state index contributed by atoms with van der Waals surface area (Å²) in [5, 5.41) is 7.69. The van der Waals surface area contributed by atoms with Crippen LogP contribution in [0.1, 0.15) is 58.3 Å². The number of nitrogens with zero attached hydrogens (tertiary/aromatic N) is 3. The van der Waals surface area contributed by atoms with Crippen LogP contribution in [0, 0.1) is 12.7 Å². The number of Topliss-reactive ketones (excluding diaryl/α,β-unsaturated/α-hetero) is 1. The lowest BCUT2D eigenvalue weighted by Gasteiger charge is -2.12. The van der Waals surface area contributed by atoms with Crippen LogP contribution in [-0.4, -0.2) is 38.7 Å². The zero-order valence-corrected chi connectivity index (χ0v) is 22.2. The van der Waals surface area contributed by atoms with Gasteiger partial charge in [0.1, 0.15) is 16.9 Å². The van der Waals surface area contributed by atoms with Crippen LogP contribution in [0.5, 0.6) is 0 Å². The molecule has 198 valence electrons. The molecule has 7 nitrogen and oxygen atoms in total. The second-order valence-electron chi connectivity index (χ2n) is 9.50. The number of aryl methyl sites for hydroxylation is 1. The Bertz CT molecular complexity index is 1560. The molecule has 4 aromatic rings. The van der Waals surface area contributed by atoms with Crippen molar-refractivity contribution in [2.24, 2.45) is 0 Å². The summed E-state index contributed by atoms with van der Waals surface area (Å²) in [7, 11) is 0. The van der Waals surface area contributed by atoms with E-state index in [-0.39, 0.29) is 22.7 Å². The number of carbonyl (C=O) groups excluding carboxylic acids is 3. The first-order chi connectivity index (χ1) is 18.9. The Kier molecular flexibility index (Phi) is 7.97. The smallest absolute Gasteiger partial charge is 0.293 e. The van der Waals surface area contributed by atoms with E-state index in [0.717, 1.165) is 45.9 Å². The first kappa shape index (κ1) is 26.5. The summed E-state index contributed by atoms with van der Waals surface area (Å²) in [5.74, 6) is -0.633. The first-order valence-corrected chi connectivity index (χ1v) is 13.5. The van der Waals surface area contributed by atoms with E-state index >= 15 is 0 Å². The summed E-state index contributed by atoms with van der Waals surface area (Å²) in [6.45, 7) is 2.27. The highest BCUT2D eigenvalue weighted by Crippen LogP contribution is 2.32. The molecule has 9 heteroatoms. The van der Waals surface area contributed by atoms with Crippen LogP contribution in [0.25, 0.3) is 17.1 Å². The molecule has 1 saturated heterocycles. The van der Waals surface area contributed by atoms with Crippen LogP contribution in [0.15, 0.2) is 70.2 Å². The molecule has 0 bridgehead atoms. The topological polar surface area (TPSA) is 93.4 Å². The van der Waals surface area contributed by atoms with Crippen molar-refractivity contribution in [3.05, 3.63) is 99.2 Å². The number of hydrogen-bond acceptors (Lipinski definition) is 7. The maximum absolute atomic E-state index is 13.1. The number of unbranched alkanes of at least 4 members (excludes halogenated alkanes) is 2. The van der Waals surface area contributed by atoms with Gasteiger partial charge in [0.15, 0.2) is 5.78 Å². The van der Waals surface area contributed by atoms with Crippen molar-refractivity contribution in [3.63, 3.8) is 0 Å². The lowest BCUT2D eigenvalue weighted by atomic mass is 9.99. The molecule has 5 rings (SSSR count). The standard InChI is InChI=1S/C30H26FN3O4S/c1-19-6-11-23(28-27(19)32-38-33-28)17-20-7-12-22(13-8-20)25(35)5-3-2-4-16-34-29(36)26(39-30(34)37)18-21-9-14-24(31)15-10-21/h6-15,18H,2-5,16-17H2,1H3/b26-18-. The average Bonchev–Trinajstić information content (AvgIpc) is 3.53. The predicted molar refractivity (Wildman–Crippen MR) is 148 cm³/mol. The maximum atomic E-state index is 13.1. The quantitative estimate of drug-likeness (QED) is 0.124. The number of fused-ring (bicyclic) bond motifs is 1. The summed E-state index contributed by atoms with van der Waals surface area (Å²) >= 11 is 0.889. The first-order valence-electron chi connectivity index (χ1n) is 12.7. The molecule has 0 unspecified atom stereocenters. The third kappa shape index (κ3) is 6.15. The van der Waals surface area contributed by atoms with Gasteiger partial charge in [0.2, 0.25) is 0 Å². The molecule has 0 saturated carbocycles. The molecule has 0 spiro atoms. The largest absolute Gasteiger partial charge is 0.294 e. The number of carbonyl (C=O) groups is 3. The van der Waals surface area contributed by atoms with Gasteiger partial charge in [0.25, 0.3) is 11.1 Å². The SMILES string of the molecule is Cc1ccc(Cc2ccc(C(=O)CCCCCN3C(=O)S/C(=C\c4ccc(F)cc4)C3=O)cc2)c2nonc12. The van der Waals surface area contributed by atoms with Gasteiger partial charge in [-0.2, -0.15) is 0 Å². The maximum Gasteiger partial charge on any atom is 0.293 e. The minimum atomic E-state index is -0.360. The number of thioether (sulfide) groups is 1. The Labute approximate surface area is 229 Å². The minimum Gasteiger partial charge on any atom is -0.294 e. The van der Waals surface area contributed by atoms with Crippen molar-refractivity contribution >= 4 is 45.8 Å². The van der Waals surface area contributed by atoms with Crippen LogP contribution in [0.4, 0.5) is 9.18 Å². The average molecular weight is 544 g/mol. The number of ketones is 1. The van der Waals surface area contributed by atoms with Crippen LogP contribution in [0.3, 0.4) is 0 Å². The van der Waals surface area contributed by atoms with E-state index in [4.69, 9.17) is 4.63 Å². The van der Waals surface area contributed by atoms with Gasteiger partial charge in [-0.05, 0) is 88.7 Å². The molecule has 2 amide bonds. The molecule has 0 radical (unpaired) electrons. The molecule has 0 aliphatic carbocycles. The van der Waals surface area contributed by atoms with Gasteiger partial charge in [0.05, 0.1) is 4.91 Å². The zero-order chi connectivity index (χ0) is 27.4. The fourth-order valence-corrected chi connectivity index (χ4v) is 5.36. The highest BCUT2D eigenvalue weighted by molar-refractivity contribution is 8.18. The normalized spacial score (nSPS) is 14.6. The van der Waals surface area contributed by atoms with Gasteiger partial charge in [-0.3, -0.25) is 19.3 Å². The Morgan fingerprint density at radius 1 is 0.949 bits per heavy atom. The number of imide groups is 1. The Hall–Kier alpha value is -4.11. The van der Waals surface area contributed by atoms with E-state index in [9.17, 15) is 18.8 Å². The van der Waals surface area contributed by atoms with E-state index in [1.807, 2.05) is 43.3 Å². The van der Waals surface area contributed by atoms with E-state index in [1.165, 1.54) is 17.0 Å². The second kappa shape index (κ2) is 11.7. The summed E-state index contributed by atoms with van der Waals surface area (Å²) < 4.78 is 18.0. The number of amides is 2. The number of benzene rings is 3. The Morgan fingerprint density at radius 2 is 1.69 bits per heavy atom. The molecule has 0 atom stereocenters. The van der Waals surface area contributed by atoms with Crippen LogP contribution in [-0.2, 0) is 11.2 Å². The molecule has 2 heterocycles. The van der Waals surface area contributed by atoms with E-state index < -0.39 is 0 Å². The lowest BCUT2D eigenvalue weighted by Crippen LogP contribution is -2.29. The third-order valence-electron chi connectivity index (χ3n) is 6.70. The zero-order valence-electron chi connectivity index (χ0n) is 21.4. The van der Waals surface area contributed by atoms with Gasteiger partial charge in [-0.1, -0.05) is 55.0 Å². The van der Waals surface area contributed by atoms with E-state index in [1.54, 1.807) is 18.2 Å². The van der Waals surface area contributed by atoms with Crippen molar-refractivity contribution < 1.29 is 23.4 Å². The molecule has 1 fully saturated rings. The summed E-state index contributed by atoms with van der Waals surface area (Å²) in [4.78, 5) is 39.2. The molecule has 1 aliphatic heterocycles. The summed E-state index contributed by atoms with van der Waals surface area (Å²) in [5.41, 5.74) is 5.93. The fraction of sp³-hybridized carbons (Fsp3) is 0.233. The fourth-order valence-electron chi connectivity index (χ4n) is 4.49. The van der Waals surface area contributed by atoms with E-state index in [0.29, 0.717) is 48.3 Å². The molecule has 1 aromatic heterocycles. The second-order valence-corrected chi connectivity index (χ2v) is 10.5. The van der Waals surface area contributed by atoms with Gasteiger partial charge >= 0.3 is 0 Å². The number of aromatic nitrogens is 2. The number of halogens is 1. The molecule has 39 heavy (non-hydrogen) atoms.